The summed E-state index contributed by atoms with van der Waals surface area (Å²) in [5.41, 5.74) is 17.5. The number of thiophene rings is 7. The number of ether oxygens (including phenoxy) is 3. The van der Waals surface area contributed by atoms with E-state index in [4.69, 9.17) is 36.3 Å². The number of aromatic nitrogens is 3. The van der Waals surface area contributed by atoms with E-state index in [1.54, 1.807) is 116 Å². The highest BCUT2D eigenvalue weighted by Crippen LogP contribution is 2.38. The molecule has 16 rings (SSSR count). The van der Waals surface area contributed by atoms with E-state index in [1.807, 2.05) is 12.4 Å². The molecule has 1 fully saturated rings. The van der Waals surface area contributed by atoms with Crippen LogP contribution >= 0.6 is 117 Å². The molecule has 0 unspecified atom stereocenters. The molecule has 0 atom stereocenters. The number of nitrogens with zero attached hydrogens (tertiary/aromatic N) is 10. The summed E-state index contributed by atoms with van der Waals surface area (Å²) in [5, 5.41) is 35.1. The standard InChI is InChI=1S/C17H16N4O2S2.2C11H16N2O2S.2C8H8N2O2S.C6H3NO3S.C6H11NO.C5H7NO2.C3H7NO2.4CH4.HI.H2S/c1-19-5-3-9-11(7-19)25-14-13(9)16(23)21-12(18-14)8-20(2)15(22)10-4-6-24-17(10)21;2*1-3-15-11(14)9-7-4-5-13(2)6-8(7)16-10(9)12;2*1-10-4-6(11)9-7-5(8(10)12)2-3-13-7;8-5-3-1-2-11-4(3)7-6(9)10-5;1-7-4-2-6(8)3-5-7;1-2-8-5(7)3-4-6;1-4-2-3(5)6;;;;;;/h4,6H,3,5,7-8H2,1-2H3;2*3-6,12H2,1-2H3;2*2-3H,4H2,1H3,(H,9,11);1-2H,(H,7,9);2-5H2,1H3;2-3H2,1H3;4H,2H2,1H3,(H,5,6);4*1H4;1H;1H2. The van der Waals surface area contributed by atoms with Gasteiger partial charge in [-0.15, -0.1) is 103 Å². The van der Waals surface area contributed by atoms with Crippen molar-refractivity contribution < 1.29 is 71.7 Å². The number of aromatic amines is 1. The highest BCUT2D eigenvalue weighted by Gasteiger charge is 2.33. The molecule has 43 heteroatoms. The number of Topliss-reactive ketones (excluding diaryl/α,β-unsaturated/α-hetero) is 1. The number of nitrogens with two attached hydrogens (primary N) is 2. The predicted molar refractivity (Wildman–Crippen MR) is 502 cm³/mol. The summed E-state index contributed by atoms with van der Waals surface area (Å²) in [6.07, 6.45) is 4.01. The van der Waals surface area contributed by atoms with Gasteiger partial charge in [-0.1, -0.05) is 29.7 Å². The Morgan fingerprint density at radius 3 is 1.44 bits per heavy atom. The van der Waals surface area contributed by atoms with Crippen LogP contribution in [0.15, 0.2) is 64.6 Å². The molecule has 7 aliphatic rings. The normalized spacial score (nSPS) is 14.7. The van der Waals surface area contributed by atoms with E-state index < -0.39 is 23.3 Å². The van der Waals surface area contributed by atoms with E-state index in [0.29, 0.717) is 101 Å². The molecule has 9 aromatic rings. The number of ketones is 1. The van der Waals surface area contributed by atoms with Crippen molar-refractivity contribution in [3.8, 4) is 11.1 Å². The Morgan fingerprint density at radius 2 is 1.00 bits per heavy atom. The minimum absolute atomic E-state index is 0. The summed E-state index contributed by atoms with van der Waals surface area (Å²) in [7, 11) is 14.9. The minimum Gasteiger partial charge on any atom is -0.480 e. The Bertz CT molecular complexity index is 5140. The van der Waals surface area contributed by atoms with Crippen LogP contribution in [0, 0.1) is 11.3 Å². The minimum atomic E-state index is -0.822. The number of rotatable bonds is 8. The third-order valence-electron chi connectivity index (χ3n) is 17.9. The van der Waals surface area contributed by atoms with Crippen molar-refractivity contribution in [1.82, 2.24) is 54.2 Å². The van der Waals surface area contributed by atoms with Crippen molar-refractivity contribution in [2.45, 2.75) is 115 Å². The summed E-state index contributed by atoms with van der Waals surface area (Å²) in [6.45, 7) is 14.5. The fourth-order valence-corrected chi connectivity index (χ4v) is 19.1. The van der Waals surface area contributed by atoms with Gasteiger partial charge >= 0.3 is 35.3 Å². The fourth-order valence-electron chi connectivity index (χ4n) is 12.2. The second-order valence-corrected chi connectivity index (χ2v) is 33.7. The number of piperidine rings is 1. The van der Waals surface area contributed by atoms with Crippen LogP contribution < -0.4 is 44.4 Å². The topological polar surface area (TPSA) is 451 Å². The van der Waals surface area contributed by atoms with Crippen LogP contribution in [0.2, 0.25) is 0 Å². The Balaban J connectivity index is 0.000000475. The van der Waals surface area contributed by atoms with Gasteiger partial charge in [0, 0.05) is 101 Å². The van der Waals surface area contributed by atoms with Gasteiger partial charge in [-0.05, 0) is 138 Å². The number of likely N-dealkylation sites (tertiary alicyclic amines) is 1. The second-order valence-electron chi connectivity index (χ2n) is 26.7. The molecule has 5 amide bonds. The maximum absolute atomic E-state index is 13.4. The molecule has 1 saturated heterocycles. The predicted octanol–water partition coefficient (Wildman–Crippen LogP) is 10.5. The maximum atomic E-state index is 13.4. The monoisotopic (exact) mass is 1950 g/mol. The van der Waals surface area contributed by atoms with Crippen molar-refractivity contribution in [2.24, 2.45) is 0 Å². The number of amides is 5. The number of anilines is 4. The van der Waals surface area contributed by atoms with E-state index >= 15 is 0 Å². The van der Waals surface area contributed by atoms with Crippen LogP contribution in [0.3, 0.4) is 0 Å². The summed E-state index contributed by atoms with van der Waals surface area (Å²) in [6, 6.07) is 8.54. The summed E-state index contributed by atoms with van der Waals surface area (Å²) in [4.78, 5) is 172. The molecule has 34 nitrogen and oxygen atoms in total. The molecule has 16 heterocycles. The van der Waals surface area contributed by atoms with Gasteiger partial charge in [-0.2, -0.15) is 18.8 Å². The van der Waals surface area contributed by atoms with Crippen LogP contribution in [0.4, 0.5) is 20.0 Å². The van der Waals surface area contributed by atoms with Gasteiger partial charge in [0.05, 0.1) is 90.7 Å². The average Bonchev–Trinajstić information content (AvgIpc) is 1.58. The van der Waals surface area contributed by atoms with Crippen molar-refractivity contribution in [3.63, 3.8) is 0 Å². The lowest BCUT2D eigenvalue weighted by atomic mass is 10.0. The molecule has 0 bridgehead atoms. The van der Waals surface area contributed by atoms with Crippen LogP contribution in [-0.2, 0) is 83.6 Å². The molecular formula is C79H111IN16O18S8. The Morgan fingerprint density at radius 1 is 0.574 bits per heavy atom. The van der Waals surface area contributed by atoms with E-state index in [2.05, 4.69) is 70.8 Å². The zero-order chi connectivity index (χ0) is 84.8. The Kier molecular flexibility index (Phi) is 46.3. The first-order valence-electron chi connectivity index (χ1n) is 36.4. The van der Waals surface area contributed by atoms with E-state index in [-0.39, 0.29) is 140 Å². The zero-order valence-electron chi connectivity index (χ0n) is 66.7. The lowest BCUT2D eigenvalue weighted by molar-refractivity contribution is -0.142. The van der Waals surface area contributed by atoms with Gasteiger partial charge in [0.1, 0.15) is 52.7 Å². The number of carboxylic acid groups (broad SMARTS) is 1. The number of nitrogen functional groups attached to an aromatic ring is 2. The summed E-state index contributed by atoms with van der Waals surface area (Å²) in [5.74, 6) is -2.02. The molecule has 0 spiro atoms. The molecular weight excluding hydrogens is 1840 g/mol. The number of nitriles is 1. The van der Waals surface area contributed by atoms with Crippen molar-refractivity contribution in [3.05, 3.63) is 142 Å². The summed E-state index contributed by atoms with van der Waals surface area (Å²) < 4.78 is 20.4. The number of halogens is 1. The third kappa shape index (κ3) is 29.0. The molecule has 7 aliphatic heterocycles. The number of carboxylic acids is 1. The van der Waals surface area contributed by atoms with Gasteiger partial charge in [-0.25, -0.2) is 24.2 Å². The number of hydrogen-bond donors (Lipinski definition) is 7. The quantitative estimate of drug-likeness (QED) is 0.0422. The molecule has 9 aromatic heterocycles. The van der Waals surface area contributed by atoms with Crippen molar-refractivity contribution >= 4 is 216 Å². The number of carbonyl (C=O) groups is 10. The lowest BCUT2D eigenvalue weighted by Gasteiger charge is -2.22. The van der Waals surface area contributed by atoms with Crippen molar-refractivity contribution in [2.75, 3.05) is 151 Å². The molecule has 0 radical (unpaired) electrons. The number of fused-ring (bicyclic) bond motifs is 11. The van der Waals surface area contributed by atoms with Crippen LogP contribution in [0.25, 0.3) is 25.4 Å². The molecule has 0 saturated carbocycles. The number of hydrogen-bond acceptors (Lipinski definition) is 33. The maximum Gasteiger partial charge on any atom is 0.420 e. The molecule has 0 aromatic carbocycles. The zero-order valence-corrected chi connectivity index (χ0v) is 75.8. The molecule has 670 valence electrons. The van der Waals surface area contributed by atoms with Gasteiger partial charge in [-0.3, -0.25) is 52.7 Å². The highest BCUT2D eigenvalue weighted by atomic mass is 127. The first-order chi connectivity index (χ1) is 55.3. The third-order valence-corrected chi connectivity index (χ3v) is 24.5. The highest BCUT2D eigenvalue weighted by molar-refractivity contribution is 14.0. The number of esters is 3. The van der Waals surface area contributed by atoms with Gasteiger partial charge in [0.15, 0.2) is 0 Å². The lowest BCUT2D eigenvalue weighted by Crippen LogP contribution is -2.31. The van der Waals surface area contributed by atoms with E-state index in [0.717, 1.165) is 111 Å². The van der Waals surface area contributed by atoms with Crippen molar-refractivity contribution in [1.29, 1.82) is 5.26 Å². The number of likely N-dealkylation sites (N-methyl/N-ethyl adjacent to an activating group) is 6. The first kappa shape index (κ1) is 109. The molecule has 9 N–H and O–H groups in total. The Hall–Kier alpha value is -9.15. The van der Waals surface area contributed by atoms with E-state index in [9.17, 15) is 62.3 Å². The first-order valence-corrected chi connectivity index (χ1v) is 42.3. The van der Waals surface area contributed by atoms with Crippen LogP contribution in [0.1, 0.15) is 159 Å². The molecule has 122 heavy (non-hydrogen) atoms. The van der Waals surface area contributed by atoms with Gasteiger partial charge in [0.25, 0.3) is 23.3 Å². The smallest absolute Gasteiger partial charge is 0.420 e. The number of nitrogens with one attached hydrogen (secondary N) is 4. The SMILES string of the molecule is C.C.C.C.CCOC(=O)CC#N.CCOC(=O)c1c(N)sc2c1CCN(C)C2.CCOC(=O)c1c(N)sc2c1CCN(C)C2.CN1CC(=O)Nc2sccc2C1=O.CN1CC(=O)Nc2sccc2C1=O.CN1CCC(=O)CC1.CN1CCc2c(sc3nc4n(c(=O)c23)-c2sccc2C(=O)N(C)C4)C1.CNCC(=O)O.I.O=c1[nH]c2sccc2c(=O)o1.S. The van der Waals surface area contributed by atoms with E-state index in [1.165, 1.54) is 92.5 Å². The van der Waals surface area contributed by atoms with Gasteiger partial charge < -0.3 is 85.5 Å². The van der Waals surface area contributed by atoms with Gasteiger partial charge in [0.2, 0.25) is 11.8 Å². The van der Waals surface area contributed by atoms with Crippen LogP contribution in [0.5, 0.6) is 0 Å². The second kappa shape index (κ2) is 51.8. The summed E-state index contributed by atoms with van der Waals surface area (Å²) >= 11 is 10.1. The fraction of sp³-hybridized carbons (Fsp3) is 0.456. The average molecular weight is 1960 g/mol. The largest absolute Gasteiger partial charge is 0.480 e. The number of carbonyl (C=O) groups excluding carboxylic acids is 9. The molecule has 0 aliphatic carbocycles. The number of H-pyrrole nitrogens is 1. The number of aliphatic carboxylic acids is 1. The van der Waals surface area contributed by atoms with Crippen LogP contribution in [-0.4, -0.2) is 242 Å². The Labute approximate surface area is 760 Å².